The standard InChI is InChI=1S/C12H18N/c1-3-4-5-6-11(2)12-7-9-13-10-8-12/h7-11H,2-6H2,1H3. The van der Waals surface area contributed by atoms with Crippen molar-refractivity contribution in [1.29, 1.82) is 0 Å². The molecule has 1 heterocycles. The van der Waals surface area contributed by atoms with Gasteiger partial charge in [0.15, 0.2) is 0 Å². The lowest BCUT2D eigenvalue weighted by molar-refractivity contribution is 0.626. The summed E-state index contributed by atoms with van der Waals surface area (Å²) in [4.78, 5) is 4.00. The second-order valence-corrected chi connectivity index (χ2v) is 3.47. The van der Waals surface area contributed by atoms with E-state index in [2.05, 4.69) is 31.0 Å². The lowest BCUT2D eigenvalue weighted by atomic mass is 9.96. The molecule has 0 aromatic carbocycles. The molecular weight excluding hydrogens is 158 g/mol. The number of nitrogens with zero attached hydrogens (tertiary/aromatic N) is 1. The molecule has 0 spiro atoms. The van der Waals surface area contributed by atoms with Gasteiger partial charge >= 0.3 is 0 Å². The Kier molecular flexibility index (Phi) is 4.52. The third-order valence-corrected chi connectivity index (χ3v) is 2.33. The fraction of sp³-hybridized carbons (Fsp3) is 0.500. The summed E-state index contributed by atoms with van der Waals surface area (Å²) < 4.78 is 0. The van der Waals surface area contributed by atoms with Crippen molar-refractivity contribution in [3.8, 4) is 0 Å². The highest BCUT2D eigenvalue weighted by Crippen LogP contribution is 2.20. The summed E-state index contributed by atoms with van der Waals surface area (Å²) in [5.74, 6) is 0.439. The van der Waals surface area contributed by atoms with Gasteiger partial charge in [0.25, 0.3) is 0 Å². The van der Waals surface area contributed by atoms with Crippen molar-refractivity contribution in [2.45, 2.75) is 38.5 Å². The van der Waals surface area contributed by atoms with Crippen LogP contribution in [0.5, 0.6) is 0 Å². The molecule has 0 saturated carbocycles. The Morgan fingerprint density at radius 1 is 1.31 bits per heavy atom. The molecule has 1 nitrogen and oxygen atoms in total. The Balaban J connectivity index is 2.35. The molecule has 0 bridgehead atoms. The fourth-order valence-corrected chi connectivity index (χ4v) is 1.44. The van der Waals surface area contributed by atoms with Gasteiger partial charge in [-0.3, -0.25) is 4.98 Å². The Hall–Kier alpha value is -0.850. The summed E-state index contributed by atoms with van der Waals surface area (Å²) in [5.41, 5.74) is 1.31. The highest BCUT2D eigenvalue weighted by molar-refractivity contribution is 5.16. The van der Waals surface area contributed by atoms with Gasteiger partial charge in [0.1, 0.15) is 0 Å². The average Bonchev–Trinajstić information content (AvgIpc) is 2.19. The minimum atomic E-state index is 0.439. The summed E-state index contributed by atoms with van der Waals surface area (Å²) in [7, 11) is 0. The maximum Gasteiger partial charge on any atom is 0.0270 e. The molecule has 13 heavy (non-hydrogen) atoms. The number of hydrogen-bond donors (Lipinski definition) is 0. The predicted molar refractivity (Wildman–Crippen MR) is 56.5 cm³/mol. The van der Waals surface area contributed by atoms with E-state index in [1.54, 1.807) is 0 Å². The molecule has 1 radical (unpaired) electrons. The monoisotopic (exact) mass is 176 g/mol. The van der Waals surface area contributed by atoms with Crippen molar-refractivity contribution in [1.82, 2.24) is 4.98 Å². The smallest absolute Gasteiger partial charge is 0.0270 e. The van der Waals surface area contributed by atoms with Crippen LogP contribution in [-0.4, -0.2) is 4.98 Å². The van der Waals surface area contributed by atoms with E-state index in [-0.39, 0.29) is 0 Å². The second kappa shape index (κ2) is 5.74. The summed E-state index contributed by atoms with van der Waals surface area (Å²) in [6.07, 6.45) is 8.76. The van der Waals surface area contributed by atoms with Crippen LogP contribution in [0, 0.1) is 6.92 Å². The maximum absolute atomic E-state index is 4.15. The first-order valence-electron chi connectivity index (χ1n) is 5.07. The SMILES string of the molecule is [CH2]C(CCCCC)c1ccncc1. The predicted octanol–water partition coefficient (Wildman–Crippen LogP) is 3.58. The van der Waals surface area contributed by atoms with Crippen molar-refractivity contribution in [3.63, 3.8) is 0 Å². The maximum atomic E-state index is 4.15. The highest BCUT2D eigenvalue weighted by atomic mass is 14.6. The minimum absolute atomic E-state index is 0.439. The van der Waals surface area contributed by atoms with Gasteiger partial charge in [-0.2, -0.15) is 0 Å². The van der Waals surface area contributed by atoms with E-state index in [9.17, 15) is 0 Å². The van der Waals surface area contributed by atoms with E-state index in [0.29, 0.717) is 5.92 Å². The first kappa shape index (κ1) is 10.2. The molecule has 0 saturated heterocycles. The molecule has 1 aromatic heterocycles. The Morgan fingerprint density at radius 3 is 2.62 bits per heavy atom. The Morgan fingerprint density at radius 2 is 2.00 bits per heavy atom. The number of rotatable bonds is 5. The molecule has 0 N–H and O–H groups in total. The van der Waals surface area contributed by atoms with Gasteiger partial charge in [0.2, 0.25) is 0 Å². The highest BCUT2D eigenvalue weighted by Gasteiger charge is 2.03. The number of unbranched alkanes of at least 4 members (excludes halogenated alkanes) is 2. The van der Waals surface area contributed by atoms with Crippen LogP contribution < -0.4 is 0 Å². The van der Waals surface area contributed by atoms with Crippen LogP contribution in [0.1, 0.15) is 44.1 Å². The molecule has 0 aliphatic heterocycles. The zero-order valence-electron chi connectivity index (χ0n) is 8.37. The zero-order valence-corrected chi connectivity index (χ0v) is 8.37. The summed E-state index contributed by atoms with van der Waals surface area (Å²) >= 11 is 0. The van der Waals surface area contributed by atoms with Crippen LogP contribution in [0.2, 0.25) is 0 Å². The lowest BCUT2D eigenvalue weighted by Crippen LogP contribution is -1.93. The molecule has 1 heteroatoms. The van der Waals surface area contributed by atoms with Crippen molar-refractivity contribution >= 4 is 0 Å². The molecule has 1 aromatic rings. The Bertz CT molecular complexity index is 218. The topological polar surface area (TPSA) is 12.9 Å². The van der Waals surface area contributed by atoms with E-state index >= 15 is 0 Å². The molecule has 1 unspecified atom stereocenters. The van der Waals surface area contributed by atoms with Gasteiger partial charge in [-0.1, -0.05) is 26.2 Å². The van der Waals surface area contributed by atoms with Gasteiger partial charge in [-0.05, 0) is 37.0 Å². The molecule has 1 atom stereocenters. The molecule has 0 fully saturated rings. The normalized spacial score (nSPS) is 12.8. The van der Waals surface area contributed by atoms with Crippen LogP contribution >= 0.6 is 0 Å². The van der Waals surface area contributed by atoms with Gasteiger partial charge < -0.3 is 0 Å². The van der Waals surface area contributed by atoms with Crippen LogP contribution in [0.3, 0.4) is 0 Å². The lowest BCUT2D eigenvalue weighted by Gasteiger charge is -2.10. The molecule has 0 amide bonds. The van der Waals surface area contributed by atoms with E-state index in [1.807, 2.05) is 12.4 Å². The Labute approximate surface area is 81.2 Å². The molecule has 0 aliphatic rings. The molecule has 71 valence electrons. The number of hydrogen-bond acceptors (Lipinski definition) is 1. The average molecular weight is 176 g/mol. The van der Waals surface area contributed by atoms with Crippen molar-refractivity contribution in [2.24, 2.45) is 0 Å². The fourth-order valence-electron chi connectivity index (χ4n) is 1.44. The number of aromatic nitrogens is 1. The van der Waals surface area contributed by atoms with Crippen LogP contribution in [0.15, 0.2) is 24.5 Å². The van der Waals surface area contributed by atoms with E-state index in [0.717, 1.165) is 0 Å². The summed E-state index contributed by atoms with van der Waals surface area (Å²) in [6, 6.07) is 4.12. The minimum Gasteiger partial charge on any atom is -0.265 e. The van der Waals surface area contributed by atoms with Gasteiger partial charge in [0, 0.05) is 12.4 Å². The first-order valence-corrected chi connectivity index (χ1v) is 5.07. The third-order valence-electron chi connectivity index (χ3n) is 2.33. The van der Waals surface area contributed by atoms with Gasteiger partial charge in [-0.25, -0.2) is 0 Å². The first-order chi connectivity index (χ1) is 6.34. The molecular formula is C12H18N. The quantitative estimate of drug-likeness (QED) is 0.625. The van der Waals surface area contributed by atoms with Crippen molar-refractivity contribution in [2.75, 3.05) is 0 Å². The third kappa shape index (κ3) is 3.58. The van der Waals surface area contributed by atoms with Crippen molar-refractivity contribution in [3.05, 3.63) is 37.0 Å². The number of pyridine rings is 1. The van der Waals surface area contributed by atoms with Gasteiger partial charge in [-0.15, -0.1) is 0 Å². The summed E-state index contributed by atoms with van der Waals surface area (Å²) in [5, 5.41) is 0. The largest absolute Gasteiger partial charge is 0.265 e. The summed E-state index contributed by atoms with van der Waals surface area (Å²) in [6.45, 7) is 6.38. The van der Waals surface area contributed by atoms with E-state index < -0.39 is 0 Å². The molecule has 0 aliphatic carbocycles. The zero-order chi connectivity index (χ0) is 9.52. The van der Waals surface area contributed by atoms with Gasteiger partial charge in [0.05, 0.1) is 0 Å². The van der Waals surface area contributed by atoms with Crippen molar-refractivity contribution < 1.29 is 0 Å². The molecule has 1 rings (SSSR count). The van der Waals surface area contributed by atoms with Crippen LogP contribution in [-0.2, 0) is 0 Å². The second-order valence-electron chi connectivity index (χ2n) is 3.47. The van der Waals surface area contributed by atoms with Crippen LogP contribution in [0.4, 0.5) is 0 Å². The van der Waals surface area contributed by atoms with Crippen LogP contribution in [0.25, 0.3) is 0 Å². The van der Waals surface area contributed by atoms with E-state index in [4.69, 9.17) is 0 Å². The van der Waals surface area contributed by atoms with E-state index in [1.165, 1.54) is 31.2 Å².